The summed E-state index contributed by atoms with van der Waals surface area (Å²) in [6.45, 7) is 1.40. The zero-order valence-electron chi connectivity index (χ0n) is 13.8. The minimum Gasteiger partial charge on any atom is -0.337 e. The number of carbonyl (C=O) groups is 1. The lowest BCUT2D eigenvalue weighted by Gasteiger charge is -2.33. The zero-order chi connectivity index (χ0) is 17.7. The monoisotopic (exact) mass is 356 g/mol. The van der Waals surface area contributed by atoms with Crippen molar-refractivity contribution in [2.45, 2.75) is 4.90 Å². The third kappa shape index (κ3) is 4.15. The molecule has 0 saturated carbocycles. The van der Waals surface area contributed by atoms with Gasteiger partial charge in [-0.1, -0.05) is 48.5 Å². The van der Waals surface area contributed by atoms with Gasteiger partial charge in [0.1, 0.15) is 0 Å². The summed E-state index contributed by atoms with van der Waals surface area (Å²) in [6, 6.07) is 18.0. The predicted molar refractivity (Wildman–Crippen MR) is 97.3 cm³/mol. The molecular weight excluding hydrogens is 336 g/mol. The SMILES string of the molecule is O=C(C=Cc1ccccc1)N1CCN(S(=O)(=O)c2ccccc2)CC1. The highest BCUT2D eigenvalue weighted by Gasteiger charge is 2.29. The number of amides is 1. The molecule has 0 aromatic heterocycles. The topological polar surface area (TPSA) is 57.7 Å². The number of piperazine rings is 1. The van der Waals surface area contributed by atoms with Gasteiger partial charge < -0.3 is 4.90 Å². The highest BCUT2D eigenvalue weighted by molar-refractivity contribution is 7.89. The fourth-order valence-corrected chi connectivity index (χ4v) is 4.17. The predicted octanol–water partition coefficient (Wildman–Crippen LogP) is 2.23. The highest BCUT2D eigenvalue weighted by atomic mass is 32.2. The third-order valence-corrected chi connectivity index (χ3v) is 6.06. The van der Waals surface area contributed by atoms with Gasteiger partial charge in [-0.3, -0.25) is 4.79 Å². The van der Waals surface area contributed by atoms with Gasteiger partial charge in [-0.25, -0.2) is 8.42 Å². The molecule has 25 heavy (non-hydrogen) atoms. The van der Waals surface area contributed by atoms with Crippen LogP contribution in [0.4, 0.5) is 0 Å². The van der Waals surface area contributed by atoms with Crippen molar-refractivity contribution in [1.82, 2.24) is 9.21 Å². The first kappa shape index (κ1) is 17.4. The van der Waals surface area contributed by atoms with Crippen LogP contribution < -0.4 is 0 Å². The van der Waals surface area contributed by atoms with Gasteiger partial charge in [-0.2, -0.15) is 4.31 Å². The molecular formula is C19H20N2O3S. The van der Waals surface area contributed by atoms with Crippen LogP contribution in [-0.2, 0) is 14.8 Å². The smallest absolute Gasteiger partial charge is 0.246 e. The summed E-state index contributed by atoms with van der Waals surface area (Å²) >= 11 is 0. The van der Waals surface area contributed by atoms with E-state index in [0.29, 0.717) is 31.1 Å². The van der Waals surface area contributed by atoms with E-state index in [0.717, 1.165) is 5.56 Å². The quantitative estimate of drug-likeness (QED) is 0.790. The van der Waals surface area contributed by atoms with E-state index >= 15 is 0 Å². The molecule has 0 N–H and O–H groups in total. The first-order valence-electron chi connectivity index (χ1n) is 8.14. The highest BCUT2D eigenvalue weighted by Crippen LogP contribution is 2.17. The molecule has 3 rings (SSSR count). The lowest BCUT2D eigenvalue weighted by Crippen LogP contribution is -2.50. The summed E-state index contributed by atoms with van der Waals surface area (Å²) in [4.78, 5) is 14.2. The maximum Gasteiger partial charge on any atom is 0.246 e. The number of nitrogens with zero attached hydrogens (tertiary/aromatic N) is 2. The van der Waals surface area contributed by atoms with E-state index < -0.39 is 10.0 Å². The second-order valence-electron chi connectivity index (χ2n) is 5.79. The minimum atomic E-state index is -3.49. The fraction of sp³-hybridized carbons (Fsp3) is 0.211. The second-order valence-corrected chi connectivity index (χ2v) is 7.72. The largest absolute Gasteiger partial charge is 0.337 e. The van der Waals surface area contributed by atoms with E-state index in [1.54, 1.807) is 41.3 Å². The van der Waals surface area contributed by atoms with Crippen molar-refractivity contribution in [3.05, 3.63) is 72.3 Å². The number of sulfonamides is 1. The maximum atomic E-state index is 12.6. The van der Waals surface area contributed by atoms with Gasteiger partial charge in [-0.15, -0.1) is 0 Å². The summed E-state index contributed by atoms with van der Waals surface area (Å²) in [6.07, 6.45) is 3.31. The molecule has 0 unspecified atom stereocenters. The molecule has 6 heteroatoms. The van der Waals surface area contributed by atoms with Gasteiger partial charge in [0.15, 0.2) is 0 Å². The molecule has 0 aliphatic carbocycles. The van der Waals surface area contributed by atoms with E-state index in [1.807, 2.05) is 30.3 Å². The Morgan fingerprint density at radius 1 is 0.840 bits per heavy atom. The first-order valence-corrected chi connectivity index (χ1v) is 9.58. The van der Waals surface area contributed by atoms with Crippen molar-refractivity contribution in [2.24, 2.45) is 0 Å². The Balaban J connectivity index is 1.60. The van der Waals surface area contributed by atoms with E-state index in [1.165, 1.54) is 10.4 Å². The average Bonchev–Trinajstić information content (AvgIpc) is 2.68. The molecule has 0 spiro atoms. The van der Waals surface area contributed by atoms with Crippen LogP contribution in [0.25, 0.3) is 6.08 Å². The van der Waals surface area contributed by atoms with Crippen molar-refractivity contribution < 1.29 is 13.2 Å². The lowest BCUT2D eigenvalue weighted by atomic mass is 10.2. The van der Waals surface area contributed by atoms with E-state index in [2.05, 4.69) is 0 Å². The molecule has 0 atom stereocenters. The molecule has 1 fully saturated rings. The Kier molecular flexibility index (Phi) is 5.31. The van der Waals surface area contributed by atoms with Crippen LogP contribution in [0.15, 0.2) is 71.6 Å². The van der Waals surface area contributed by atoms with Gasteiger partial charge in [-0.05, 0) is 23.8 Å². The van der Waals surface area contributed by atoms with E-state index in [9.17, 15) is 13.2 Å². The number of hydrogen-bond donors (Lipinski definition) is 0. The van der Waals surface area contributed by atoms with Crippen LogP contribution in [-0.4, -0.2) is 49.7 Å². The van der Waals surface area contributed by atoms with Crippen LogP contribution in [0, 0.1) is 0 Å². The normalized spacial score (nSPS) is 16.2. The fourth-order valence-electron chi connectivity index (χ4n) is 2.73. The van der Waals surface area contributed by atoms with Crippen LogP contribution in [0.1, 0.15) is 5.56 Å². The van der Waals surface area contributed by atoms with Crippen LogP contribution in [0.3, 0.4) is 0 Å². The van der Waals surface area contributed by atoms with Crippen LogP contribution >= 0.6 is 0 Å². The average molecular weight is 356 g/mol. The Hall–Kier alpha value is -2.44. The molecule has 2 aromatic rings. The lowest BCUT2D eigenvalue weighted by molar-refractivity contribution is -0.127. The Morgan fingerprint density at radius 2 is 1.40 bits per heavy atom. The second kappa shape index (κ2) is 7.63. The molecule has 2 aromatic carbocycles. The molecule has 0 bridgehead atoms. The number of rotatable bonds is 4. The Labute approximate surface area is 148 Å². The molecule has 1 amide bonds. The Bertz CT molecular complexity index is 841. The number of hydrogen-bond acceptors (Lipinski definition) is 3. The van der Waals surface area contributed by atoms with E-state index in [-0.39, 0.29) is 5.91 Å². The van der Waals surface area contributed by atoms with Gasteiger partial charge in [0.05, 0.1) is 4.90 Å². The van der Waals surface area contributed by atoms with Crippen molar-refractivity contribution in [3.63, 3.8) is 0 Å². The number of carbonyl (C=O) groups excluding carboxylic acids is 1. The zero-order valence-corrected chi connectivity index (χ0v) is 14.6. The molecule has 1 heterocycles. The minimum absolute atomic E-state index is 0.0967. The van der Waals surface area contributed by atoms with Gasteiger partial charge in [0, 0.05) is 32.3 Å². The Morgan fingerprint density at radius 3 is 2.00 bits per heavy atom. The first-order chi connectivity index (χ1) is 12.1. The van der Waals surface area contributed by atoms with E-state index in [4.69, 9.17) is 0 Å². The molecule has 1 saturated heterocycles. The standard InChI is InChI=1S/C19H20N2O3S/c22-19(12-11-17-7-3-1-4-8-17)20-13-15-21(16-14-20)25(23,24)18-9-5-2-6-10-18/h1-12H,13-16H2. The molecule has 5 nitrogen and oxygen atoms in total. The van der Waals surface area contributed by atoms with Crippen LogP contribution in [0.5, 0.6) is 0 Å². The maximum absolute atomic E-state index is 12.6. The summed E-state index contributed by atoms with van der Waals surface area (Å²) in [7, 11) is -3.49. The summed E-state index contributed by atoms with van der Waals surface area (Å²) in [5.74, 6) is -0.0967. The van der Waals surface area contributed by atoms with Crippen molar-refractivity contribution in [3.8, 4) is 0 Å². The van der Waals surface area contributed by atoms with Crippen LogP contribution in [0.2, 0.25) is 0 Å². The van der Waals surface area contributed by atoms with Gasteiger partial charge >= 0.3 is 0 Å². The molecule has 0 radical (unpaired) electrons. The third-order valence-electron chi connectivity index (χ3n) is 4.15. The summed E-state index contributed by atoms with van der Waals surface area (Å²) in [5.41, 5.74) is 0.959. The van der Waals surface area contributed by atoms with Gasteiger partial charge in [0.2, 0.25) is 15.9 Å². The van der Waals surface area contributed by atoms with Crippen molar-refractivity contribution in [2.75, 3.05) is 26.2 Å². The summed E-state index contributed by atoms with van der Waals surface area (Å²) in [5, 5.41) is 0. The number of benzene rings is 2. The molecule has 1 aliphatic heterocycles. The van der Waals surface area contributed by atoms with Gasteiger partial charge in [0.25, 0.3) is 0 Å². The molecule has 1 aliphatic rings. The summed E-state index contributed by atoms with van der Waals surface area (Å²) < 4.78 is 26.6. The van der Waals surface area contributed by atoms with Crippen molar-refractivity contribution in [1.29, 1.82) is 0 Å². The molecule has 130 valence electrons. The van der Waals surface area contributed by atoms with Crippen molar-refractivity contribution >= 4 is 22.0 Å².